The molecule has 1 saturated carbocycles. The van der Waals surface area contributed by atoms with Gasteiger partial charge in [0.2, 0.25) is 11.1 Å². The highest BCUT2D eigenvalue weighted by molar-refractivity contribution is 7.09. The van der Waals surface area contributed by atoms with E-state index in [-0.39, 0.29) is 6.10 Å². The van der Waals surface area contributed by atoms with E-state index in [4.69, 9.17) is 0 Å². The first-order chi connectivity index (χ1) is 12.1. The van der Waals surface area contributed by atoms with Crippen LogP contribution in [0.3, 0.4) is 0 Å². The summed E-state index contributed by atoms with van der Waals surface area (Å²) in [6, 6.07) is 2.49. The van der Waals surface area contributed by atoms with Crippen LogP contribution in [0.2, 0.25) is 0 Å². The molecule has 0 unspecified atom stereocenters. The van der Waals surface area contributed by atoms with Crippen molar-refractivity contribution in [1.29, 1.82) is 0 Å². The molecule has 0 bridgehead atoms. The molecule has 2 aliphatic rings. The van der Waals surface area contributed by atoms with Crippen molar-refractivity contribution in [3.63, 3.8) is 0 Å². The zero-order chi connectivity index (χ0) is 17.4. The Hall–Kier alpha value is -2.00. The zero-order valence-corrected chi connectivity index (χ0v) is 15.3. The molecule has 2 N–H and O–H groups in total. The molecule has 1 atom stereocenters. The first-order valence-electron chi connectivity index (χ1n) is 8.61. The van der Waals surface area contributed by atoms with E-state index in [2.05, 4.69) is 35.6 Å². The fraction of sp³-hybridized carbons (Fsp3) is 0.625. The van der Waals surface area contributed by atoms with Gasteiger partial charge in [0, 0.05) is 62.4 Å². The second-order valence-electron chi connectivity index (χ2n) is 6.99. The maximum Gasteiger partial charge on any atom is 0.238 e. The molecule has 2 aromatic rings. The highest BCUT2D eigenvalue weighted by Gasteiger charge is 2.33. The van der Waals surface area contributed by atoms with E-state index in [1.807, 2.05) is 19.0 Å². The molecule has 2 aromatic heterocycles. The summed E-state index contributed by atoms with van der Waals surface area (Å²) in [6.45, 7) is 1.52. The van der Waals surface area contributed by atoms with Gasteiger partial charge in [0.1, 0.15) is 12.1 Å². The minimum Gasteiger partial charge on any atom is -0.391 e. The lowest BCUT2D eigenvalue weighted by Gasteiger charge is -2.35. The van der Waals surface area contributed by atoms with Gasteiger partial charge in [-0.1, -0.05) is 0 Å². The Kier molecular flexibility index (Phi) is 4.43. The van der Waals surface area contributed by atoms with Crippen molar-refractivity contribution < 1.29 is 5.11 Å². The van der Waals surface area contributed by atoms with Crippen LogP contribution in [0.5, 0.6) is 0 Å². The topological polar surface area (TPSA) is 90.3 Å². The van der Waals surface area contributed by atoms with Crippen LogP contribution in [0, 0.1) is 0 Å². The molecule has 3 heterocycles. The molecule has 0 radical (unpaired) electrons. The molecule has 134 valence electrons. The number of aliphatic hydroxyl groups is 1. The van der Waals surface area contributed by atoms with Gasteiger partial charge in [0.05, 0.1) is 6.10 Å². The van der Waals surface area contributed by atoms with Crippen molar-refractivity contribution in [3.05, 3.63) is 18.1 Å². The fourth-order valence-corrected chi connectivity index (χ4v) is 4.03. The Labute approximate surface area is 151 Å². The molecule has 0 amide bonds. The van der Waals surface area contributed by atoms with Crippen LogP contribution in [0.15, 0.2) is 12.4 Å². The predicted octanol–water partition coefficient (Wildman–Crippen LogP) is 1.32. The summed E-state index contributed by atoms with van der Waals surface area (Å²) >= 11 is 1.40. The molecule has 4 rings (SSSR count). The number of rotatable bonds is 5. The van der Waals surface area contributed by atoms with E-state index in [1.54, 1.807) is 6.33 Å². The number of aliphatic hydroxyl groups excluding tert-OH is 1. The minimum absolute atomic E-state index is 0.241. The van der Waals surface area contributed by atoms with Gasteiger partial charge in [-0.2, -0.15) is 9.36 Å². The van der Waals surface area contributed by atoms with Crippen molar-refractivity contribution in [2.24, 2.45) is 0 Å². The number of hydrogen-bond acceptors (Lipinski definition) is 9. The van der Waals surface area contributed by atoms with E-state index in [9.17, 15) is 5.11 Å². The van der Waals surface area contributed by atoms with Crippen LogP contribution in [0.25, 0.3) is 0 Å². The SMILES string of the molecule is CN(C)c1nsc(NC2CC(c3cc(N4CC[C@H](O)C4)ncn3)C2)n1. The van der Waals surface area contributed by atoms with E-state index < -0.39 is 0 Å². The number of aromatic nitrogens is 4. The summed E-state index contributed by atoms with van der Waals surface area (Å²) in [6.07, 6.45) is 4.29. The Bertz CT molecular complexity index is 731. The van der Waals surface area contributed by atoms with Crippen molar-refractivity contribution in [3.8, 4) is 0 Å². The first kappa shape index (κ1) is 16.5. The smallest absolute Gasteiger partial charge is 0.238 e. The average Bonchev–Trinajstić information content (AvgIpc) is 3.19. The minimum atomic E-state index is -0.241. The van der Waals surface area contributed by atoms with Crippen LogP contribution in [-0.4, -0.2) is 63.8 Å². The molecule has 1 aliphatic heterocycles. The molecule has 25 heavy (non-hydrogen) atoms. The molecule has 1 aliphatic carbocycles. The molecule has 9 heteroatoms. The van der Waals surface area contributed by atoms with Gasteiger partial charge < -0.3 is 20.2 Å². The van der Waals surface area contributed by atoms with E-state index in [0.29, 0.717) is 18.5 Å². The van der Waals surface area contributed by atoms with E-state index in [1.165, 1.54) is 11.5 Å². The van der Waals surface area contributed by atoms with Crippen molar-refractivity contribution in [2.75, 3.05) is 42.3 Å². The molecule has 0 spiro atoms. The van der Waals surface area contributed by atoms with Crippen molar-refractivity contribution >= 4 is 28.4 Å². The fourth-order valence-electron chi connectivity index (χ4n) is 3.32. The van der Waals surface area contributed by atoms with Crippen LogP contribution >= 0.6 is 11.5 Å². The second-order valence-corrected chi connectivity index (χ2v) is 7.74. The number of β-amino-alcohol motifs (C(OH)–C–C–N with tert-alkyl or cyclic N) is 1. The third-order valence-corrected chi connectivity index (χ3v) is 5.50. The Morgan fingerprint density at radius 3 is 2.84 bits per heavy atom. The maximum atomic E-state index is 9.70. The molecular weight excluding hydrogens is 338 g/mol. The number of nitrogens with one attached hydrogen (secondary N) is 1. The van der Waals surface area contributed by atoms with E-state index >= 15 is 0 Å². The average molecular weight is 361 g/mol. The lowest BCUT2D eigenvalue weighted by molar-refractivity contribution is 0.198. The Morgan fingerprint density at radius 1 is 1.32 bits per heavy atom. The third kappa shape index (κ3) is 3.52. The Balaban J connectivity index is 1.34. The summed E-state index contributed by atoms with van der Waals surface area (Å²) in [5.41, 5.74) is 1.09. The predicted molar refractivity (Wildman–Crippen MR) is 98.5 cm³/mol. The lowest BCUT2D eigenvalue weighted by Crippen LogP contribution is -2.34. The van der Waals surface area contributed by atoms with Gasteiger partial charge in [-0.15, -0.1) is 0 Å². The normalized spacial score (nSPS) is 25.7. The van der Waals surface area contributed by atoms with Gasteiger partial charge in [0.15, 0.2) is 0 Å². The molecule has 8 nitrogen and oxygen atoms in total. The summed E-state index contributed by atoms with van der Waals surface area (Å²) in [5.74, 6) is 2.13. The van der Waals surface area contributed by atoms with Crippen LogP contribution in [0.1, 0.15) is 30.9 Å². The third-order valence-electron chi connectivity index (χ3n) is 4.86. The maximum absolute atomic E-state index is 9.70. The largest absolute Gasteiger partial charge is 0.391 e. The van der Waals surface area contributed by atoms with Gasteiger partial charge in [-0.05, 0) is 19.3 Å². The summed E-state index contributed by atoms with van der Waals surface area (Å²) in [7, 11) is 3.88. The first-order valence-corrected chi connectivity index (χ1v) is 9.38. The number of nitrogens with zero attached hydrogens (tertiary/aromatic N) is 6. The van der Waals surface area contributed by atoms with E-state index in [0.717, 1.165) is 48.4 Å². The van der Waals surface area contributed by atoms with Gasteiger partial charge in [0.25, 0.3) is 0 Å². The molecule has 2 fully saturated rings. The molecule has 0 aromatic carbocycles. The van der Waals surface area contributed by atoms with Gasteiger partial charge >= 0.3 is 0 Å². The summed E-state index contributed by atoms with van der Waals surface area (Å²) in [5, 5.41) is 14.0. The summed E-state index contributed by atoms with van der Waals surface area (Å²) < 4.78 is 4.31. The highest BCUT2D eigenvalue weighted by Crippen LogP contribution is 2.38. The lowest BCUT2D eigenvalue weighted by atomic mass is 9.78. The van der Waals surface area contributed by atoms with Crippen LogP contribution < -0.4 is 15.1 Å². The zero-order valence-electron chi connectivity index (χ0n) is 14.5. The van der Waals surface area contributed by atoms with Crippen molar-refractivity contribution in [2.45, 2.75) is 37.3 Å². The van der Waals surface area contributed by atoms with Crippen LogP contribution in [0.4, 0.5) is 16.9 Å². The van der Waals surface area contributed by atoms with Gasteiger partial charge in [-0.25, -0.2) is 9.97 Å². The number of anilines is 3. The highest BCUT2D eigenvalue weighted by atomic mass is 32.1. The number of hydrogen-bond donors (Lipinski definition) is 2. The standard InChI is InChI=1S/C16H23N7OS/c1-22(2)15-20-16(25-21-15)19-11-5-10(6-11)13-7-14(18-9-17-13)23-4-3-12(24)8-23/h7,9-12,24H,3-6,8H2,1-2H3,(H,19,20,21)/t10?,11?,12-/m0/s1. The quantitative estimate of drug-likeness (QED) is 0.824. The molecular formula is C16H23N7OS. The van der Waals surface area contributed by atoms with Crippen LogP contribution in [-0.2, 0) is 0 Å². The Morgan fingerprint density at radius 2 is 2.16 bits per heavy atom. The monoisotopic (exact) mass is 361 g/mol. The molecule has 1 saturated heterocycles. The van der Waals surface area contributed by atoms with Gasteiger partial charge in [-0.3, -0.25) is 0 Å². The second kappa shape index (κ2) is 6.72. The van der Waals surface area contributed by atoms with Crippen molar-refractivity contribution in [1.82, 2.24) is 19.3 Å². The summed E-state index contributed by atoms with van der Waals surface area (Å²) in [4.78, 5) is 17.3.